The molecule has 0 saturated heterocycles. The van der Waals surface area contributed by atoms with Gasteiger partial charge in [0, 0.05) is 11.8 Å². The number of hydrogen-bond acceptors (Lipinski definition) is 1. The molecule has 0 aliphatic carbocycles. The van der Waals surface area contributed by atoms with E-state index in [9.17, 15) is 0 Å². The molecule has 29 heavy (non-hydrogen) atoms. The van der Waals surface area contributed by atoms with Crippen molar-refractivity contribution in [2.24, 2.45) is 4.99 Å². The smallest absolute Gasteiger partial charge is 0.0698 e. The fourth-order valence-corrected chi connectivity index (χ4v) is 3.09. The van der Waals surface area contributed by atoms with Crippen LogP contribution >= 0.6 is 0 Å². The van der Waals surface area contributed by atoms with Crippen LogP contribution in [-0.4, -0.2) is 5.71 Å². The van der Waals surface area contributed by atoms with Gasteiger partial charge in [0.05, 0.1) is 5.71 Å². The molecule has 0 saturated carbocycles. The van der Waals surface area contributed by atoms with Gasteiger partial charge >= 0.3 is 0 Å². The zero-order chi connectivity index (χ0) is 21.2. The predicted molar refractivity (Wildman–Crippen MR) is 130 cm³/mol. The van der Waals surface area contributed by atoms with Crippen molar-refractivity contribution in [1.82, 2.24) is 0 Å². The molecule has 0 N–H and O–H groups in total. The van der Waals surface area contributed by atoms with Crippen LogP contribution in [0.3, 0.4) is 0 Å². The molecule has 2 aromatic rings. The summed E-state index contributed by atoms with van der Waals surface area (Å²) < 4.78 is 0. The standard InChI is InChI=1S/C28H29N/c1-7-13-28(29-8-2)25(20-24(6)27-17-12-10-15-22(27)4)19-18-23(5)26-16-11-9-14-21(26)3/h7-20H,2,5-6H2,1,3-4H3/b13-7-,19-18-,25-20+,29-28+. The van der Waals surface area contributed by atoms with Gasteiger partial charge < -0.3 is 0 Å². The van der Waals surface area contributed by atoms with Gasteiger partial charge in [-0.1, -0.05) is 86.5 Å². The van der Waals surface area contributed by atoms with Gasteiger partial charge in [0.25, 0.3) is 0 Å². The first-order chi connectivity index (χ1) is 14.0. The second kappa shape index (κ2) is 10.8. The number of hydrogen-bond donors (Lipinski definition) is 0. The minimum Gasteiger partial charge on any atom is -0.257 e. The Morgan fingerprint density at radius 1 is 0.793 bits per heavy atom. The van der Waals surface area contributed by atoms with E-state index < -0.39 is 0 Å². The highest BCUT2D eigenvalue weighted by molar-refractivity contribution is 6.12. The number of allylic oxidation sites excluding steroid dienone is 8. The zero-order valence-electron chi connectivity index (χ0n) is 17.7. The third kappa shape index (κ3) is 6.02. The molecule has 0 bridgehead atoms. The number of nitrogens with zero attached hydrogens (tertiary/aromatic N) is 1. The lowest BCUT2D eigenvalue weighted by atomic mass is 9.96. The highest BCUT2D eigenvalue weighted by Crippen LogP contribution is 2.23. The van der Waals surface area contributed by atoms with Crippen LogP contribution < -0.4 is 0 Å². The Morgan fingerprint density at radius 2 is 1.34 bits per heavy atom. The maximum Gasteiger partial charge on any atom is 0.0698 e. The van der Waals surface area contributed by atoms with Crippen LogP contribution in [0.2, 0.25) is 0 Å². The Morgan fingerprint density at radius 3 is 1.86 bits per heavy atom. The van der Waals surface area contributed by atoms with Crippen molar-refractivity contribution in [3.63, 3.8) is 0 Å². The monoisotopic (exact) mass is 379 g/mol. The third-order valence-corrected chi connectivity index (χ3v) is 4.63. The lowest BCUT2D eigenvalue weighted by molar-refractivity contribution is 1.43. The van der Waals surface area contributed by atoms with E-state index in [2.05, 4.69) is 68.9 Å². The molecule has 0 radical (unpaired) electrons. The van der Waals surface area contributed by atoms with E-state index in [0.717, 1.165) is 33.6 Å². The Hall–Kier alpha value is -3.45. The summed E-state index contributed by atoms with van der Waals surface area (Å²) in [7, 11) is 0. The maximum atomic E-state index is 4.46. The molecule has 2 aromatic carbocycles. The topological polar surface area (TPSA) is 12.4 Å². The molecular weight excluding hydrogens is 350 g/mol. The fraction of sp³-hybridized carbons (Fsp3) is 0.107. The van der Waals surface area contributed by atoms with Gasteiger partial charge in [-0.15, -0.1) is 0 Å². The average Bonchev–Trinajstić information content (AvgIpc) is 2.71. The second-order valence-corrected chi connectivity index (χ2v) is 6.81. The number of aliphatic imine (C=N–C) groups is 1. The minimum atomic E-state index is 0.825. The molecule has 0 aromatic heterocycles. The largest absolute Gasteiger partial charge is 0.257 e. The highest BCUT2D eigenvalue weighted by atomic mass is 14.7. The summed E-state index contributed by atoms with van der Waals surface area (Å²) >= 11 is 0. The van der Waals surface area contributed by atoms with Crippen molar-refractivity contribution in [3.8, 4) is 0 Å². The summed E-state index contributed by atoms with van der Waals surface area (Å²) in [5.41, 5.74) is 8.31. The van der Waals surface area contributed by atoms with E-state index >= 15 is 0 Å². The zero-order valence-corrected chi connectivity index (χ0v) is 17.7. The highest BCUT2D eigenvalue weighted by Gasteiger charge is 2.06. The Bertz CT molecular complexity index is 1030. The van der Waals surface area contributed by atoms with Crippen molar-refractivity contribution in [3.05, 3.63) is 133 Å². The van der Waals surface area contributed by atoms with Crippen molar-refractivity contribution >= 4 is 16.9 Å². The SMILES string of the molecule is C=C/N=C(\C=C/C)C(/C=C\C(=C)c1ccccc1C)=C/C(=C)c1ccccc1C. The summed E-state index contributed by atoms with van der Waals surface area (Å²) in [4.78, 5) is 4.46. The molecule has 0 aliphatic rings. The van der Waals surface area contributed by atoms with Crippen molar-refractivity contribution in [1.29, 1.82) is 0 Å². The first-order valence-corrected chi connectivity index (χ1v) is 9.69. The van der Waals surface area contributed by atoms with Crippen LogP contribution in [0.1, 0.15) is 29.2 Å². The van der Waals surface area contributed by atoms with E-state index in [4.69, 9.17) is 0 Å². The Balaban J connectivity index is 2.48. The Kier molecular flexibility index (Phi) is 8.12. The molecule has 2 rings (SSSR count). The quantitative estimate of drug-likeness (QED) is 0.329. The molecule has 0 amide bonds. The molecular formula is C28H29N. The molecule has 0 spiro atoms. The van der Waals surface area contributed by atoms with Gasteiger partial charge in [-0.2, -0.15) is 0 Å². The summed E-state index contributed by atoms with van der Waals surface area (Å²) in [6.45, 7) is 18.5. The molecule has 1 nitrogen and oxygen atoms in total. The minimum absolute atomic E-state index is 0.825. The van der Waals surface area contributed by atoms with Crippen LogP contribution in [0.4, 0.5) is 0 Å². The van der Waals surface area contributed by atoms with Crippen LogP contribution in [0, 0.1) is 13.8 Å². The summed E-state index contributed by atoms with van der Waals surface area (Å²) in [5, 5.41) is 0. The summed E-state index contributed by atoms with van der Waals surface area (Å²) in [6, 6.07) is 16.5. The third-order valence-electron chi connectivity index (χ3n) is 4.63. The molecule has 0 unspecified atom stereocenters. The van der Waals surface area contributed by atoms with Gasteiger partial charge in [-0.05, 0) is 66.3 Å². The molecule has 0 heterocycles. The van der Waals surface area contributed by atoms with E-state index in [1.165, 1.54) is 11.1 Å². The van der Waals surface area contributed by atoms with Gasteiger partial charge in [-0.25, -0.2) is 0 Å². The summed E-state index contributed by atoms with van der Waals surface area (Å²) in [5.74, 6) is 0. The van der Waals surface area contributed by atoms with E-state index in [0.29, 0.717) is 0 Å². The van der Waals surface area contributed by atoms with Crippen LogP contribution in [-0.2, 0) is 0 Å². The average molecular weight is 380 g/mol. The summed E-state index contributed by atoms with van der Waals surface area (Å²) in [6.07, 6.45) is 11.6. The first kappa shape index (κ1) is 21.8. The second-order valence-electron chi connectivity index (χ2n) is 6.81. The maximum absolute atomic E-state index is 4.46. The molecule has 1 heteroatoms. The fourth-order valence-electron chi connectivity index (χ4n) is 3.09. The van der Waals surface area contributed by atoms with Crippen molar-refractivity contribution in [2.75, 3.05) is 0 Å². The molecule has 146 valence electrons. The first-order valence-electron chi connectivity index (χ1n) is 9.69. The van der Waals surface area contributed by atoms with Crippen molar-refractivity contribution < 1.29 is 0 Å². The number of aryl methyl sites for hydroxylation is 2. The molecule has 0 fully saturated rings. The van der Waals surface area contributed by atoms with Gasteiger partial charge in [0.2, 0.25) is 0 Å². The molecule has 0 atom stereocenters. The van der Waals surface area contributed by atoms with Crippen LogP contribution in [0.25, 0.3) is 11.1 Å². The number of rotatable bonds is 8. The van der Waals surface area contributed by atoms with Gasteiger partial charge in [-0.3, -0.25) is 4.99 Å². The lowest BCUT2D eigenvalue weighted by Gasteiger charge is -2.09. The number of benzene rings is 2. The lowest BCUT2D eigenvalue weighted by Crippen LogP contribution is -1.98. The van der Waals surface area contributed by atoms with Crippen LogP contribution in [0.5, 0.6) is 0 Å². The van der Waals surface area contributed by atoms with E-state index in [1.807, 2.05) is 55.5 Å². The normalized spacial score (nSPS) is 12.5. The van der Waals surface area contributed by atoms with E-state index in [-0.39, 0.29) is 0 Å². The molecule has 0 aliphatic heterocycles. The van der Waals surface area contributed by atoms with Crippen molar-refractivity contribution in [2.45, 2.75) is 20.8 Å². The van der Waals surface area contributed by atoms with Crippen LogP contribution in [0.15, 0.2) is 115 Å². The van der Waals surface area contributed by atoms with Gasteiger partial charge in [0.15, 0.2) is 0 Å². The van der Waals surface area contributed by atoms with E-state index in [1.54, 1.807) is 6.20 Å². The Labute approximate surface area is 175 Å². The predicted octanol–water partition coefficient (Wildman–Crippen LogP) is 7.67. The van der Waals surface area contributed by atoms with Gasteiger partial charge in [0.1, 0.15) is 0 Å².